The minimum atomic E-state index is -0.411. The average molecular weight is 425 g/mol. The van der Waals surface area contributed by atoms with Crippen LogP contribution in [0.1, 0.15) is 74.5 Å². The minimum absolute atomic E-state index is 0.182. The molecule has 0 saturated carbocycles. The average Bonchev–Trinajstić information content (AvgIpc) is 2.72. The second-order valence-electron chi connectivity index (χ2n) is 8.56. The lowest BCUT2D eigenvalue weighted by Gasteiger charge is -2.22. The molecule has 1 amide bonds. The number of nitrogens with zero attached hydrogens (tertiary/aromatic N) is 1. The monoisotopic (exact) mass is 424 g/mol. The van der Waals surface area contributed by atoms with Crippen LogP contribution in [0.3, 0.4) is 0 Å². The Labute approximate surface area is 183 Å². The molecule has 6 nitrogen and oxygen atoms in total. The Bertz CT molecular complexity index is 990. The number of hydrogen-bond donors (Lipinski definition) is 1. The number of anilines is 1. The first-order chi connectivity index (χ1) is 14.9. The molecule has 3 rings (SSSR count). The Kier molecular flexibility index (Phi) is 7.66. The number of carbonyl (C=O) groups excluding carboxylic acids is 2. The lowest BCUT2D eigenvalue weighted by atomic mass is 9.95. The van der Waals surface area contributed by atoms with E-state index in [-0.39, 0.29) is 17.1 Å². The van der Waals surface area contributed by atoms with Crippen molar-refractivity contribution in [1.82, 2.24) is 4.57 Å². The third-order valence-corrected chi connectivity index (χ3v) is 5.53. The highest BCUT2D eigenvalue weighted by molar-refractivity contribution is 6.04. The number of ether oxygens (including phenoxy) is 1. The number of benzene rings is 1. The second kappa shape index (κ2) is 10.4. The van der Waals surface area contributed by atoms with Crippen LogP contribution in [0, 0.1) is 5.92 Å². The van der Waals surface area contributed by atoms with Gasteiger partial charge < -0.3 is 14.6 Å². The highest BCUT2D eigenvalue weighted by Gasteiger charge is 2.21. The quantitative estimate of drug-likeness (QED) is 0.537. The molecule has 166 valence electrons. The number of aryl methyl sites for hydroxylation is 1. The summed E-state index contributed by atoms with van der Waals surface area (Å²) in [6.07, 6.45) is 6.58. The molecule has 1 aliphatic rings. The van der Waals surface area contributed by atoms with Gasteiger partial charge in [-0.05, 0) is 67.5 Å². The van der Waals surface area contributed by atoms with Crippen molar-refractivity contribution in [2.24, 2.45) is 5.92 Å². The van der Waals surface area contributed by atoms with Gasteiger partial charge in [-0.3, -0.25) is 14.4 Å². The van der Waals surface area contributed by atoms with Gasteiger partial charge in [-0.25, -0.2) is 0 Å². The van der Waals surface area contributed by atoms with Crippen molar-refractivity contribution in [2.75, 3.05) is 5.32 Å². The molecule has 0 atom stereocenters. The molecular formula is C25H32N2O4. The minimum Gasteiger partial charge on any atom is -0.427 e. The lowest BCUT2D eigenvalue weighted by molar-refractivity contribution is -0.134. The molecule has 0 fully saturated rings. The smallest absolute Gasteiger partial charge is 0.310 e. The zero-order valence-corrected chi connectivity index (χ0v) is 18.7. The lowest BCUT2D eigenvalue weighted by Crippen LogP contribution is -2.34. The summed E-state index contributed by atoms with van der Waals surface area (Å²) in [5.74, 6) is 0.00287. The summed E-state index contributed by atoms with van der Waals surface area (Å²) >= 11 is 0. The predicted molar refractivity (Wildman–Crippen MR) is 122 cm³/mol. The molecule has 0 aliphatic heterocycles. The van der Waals surface area contributed by atoms with Crippen LogP contribution in [0.5, 0.6) is 5.75 Å². The first-order valence-electron chi connectivity index (χ1n) is 11.3. The zero-order valence-electron chi connectivity index (χ0n) is 18.7. The molecule has 0 spiro atoms. The number of pyridine rings is 1. The van der Waals surface area contributed by atoms with E-state index in [1.807, 2.05) is 4.57 Å². The fourth-order valence-electron chi connectivity index (χ4n) is 3.96. The molecule has 0 saturated heterocycles. The highest BCUT2D eigenvalue weighted by Crippen LogP contribution is 2.22. The van der Waals surface area contributed by atoms with E-state index < -0.39 is 5.91 Å². The van der Waals surface area contributed by atoms with Crippen LogP contribution in [0.4, 0.5) is 5.69 Å². The molecule has 0 bridgehead atoms. The van der Waals surface area contributed by atoms with Crippen molar-refractivity contribution >= 4 is 17.6 Å². The summed E-state index contributed by atoms with van der Waals surface area (Å²) in [4.78, 5) is 37.7. The number of amides is 1. The van der Waals surface area contributed by atoms with Gasteiger partial charge in [0.05, 0.1) is 0 Å². The largest absolute Gasteiger partial charge is 0.427 e. The summed E-state index contributed by atoms with van der Waals surface area (Å²) in [5.41, 5.74) is 2.72. The van der Waals surface area contributed by atoms with Crippen LogP contribution in [0.25, 0.3) is 0 Å². The fourth-order valence-corrected chi connectivity index (χ4v) is 3.96. The van der Waals surface area contributed by atoms with Crippen LogP contribution >= 0.6 is 0 Å². The van der Waals surface area contributed by atoms with Crippen molar-refractivity contribution in [3.63, 3.8) is 0 Å². The van der Waals surface area contributed by atoms with Crippen molar-refractivity contribution in [2.45, 2.75) is 72.3 Å². The molecule has 2 aromatic rings. The molecule has 0 unspecified atom stereocenters. The van der Waals surface area contributed by atoms with Gasteiger partial charge in [0.2, 0.25) is 0 Å². The summed E-state index contributed by atoms with van der Waals surface area (Å²) in [5, 5.41) is 2.82. The molecule has 1 heterocycles. The molecule has 0 radical (unpaired) electrons. The normalized spacial score (nSPS) is 13.8. The predicted octanol–water partition coefficient (Wildman–Crippen LogP) is 4.73. The maximum atomic E-state index is 13.3. The van der Waals surface area contributed by atoms with Gasteiger partial charge in [0.25, 0.3) is 11.5 Å². The number of hydrogen-bond acceptors (Lipinski definition) is 4. The molecule has 1 aliphatic carbocycles. The van der Waals surface area contributed by atoms with Crippen molar-refractivity contribution < 1.29 is 14.3 Å². The summed E-state index contributed by atoms with van der Waals surface area (Å²) in [6, 6.07) is 8.38. The van der Waals surface area contributed by atoms with Gasteiger partial charge in [0.1, 0.15) is 11.3 Å². The summed E-state index contributed by atoms with van der Waals surface area (Å²) in [6.45, 7) is 6.51. The number of fused-ring (bicyclic) bond motifs is 1. The fraction of sp³-hybridized carbons (Fsp3) is 0.480. The van der Waals surface area contributed by atoms with E-state index in [2.05, 4.69) is 19.2 Å². The highest BCUT2D eigenvalue weighted by atomic mass is 16.5. The first kappa shape index (κ1) is 22.8. The van der Waals surface area contributed by atoms with Crippen LogP contribution < -0.4 is 15.6 Å². The van der Waals surface area contributed by atoms with Crippen LogP contribution in [-0.2, 0) is 24.2 Å². The Morgan fingerprint density at radius 1 is 1.06 bits per heavy atom. The van der Waals surface area contributed by atoms with Crippen molar-refractivity contribution in [3.8, 4) is 5.75 Å². The number of esters is 1. The Balaban J connectivity index is 1.88. The van der Waals surface area contributed by atoms with Gasteiger partial charge >= 0.3 is 5.97 Å². The molecule has 1 aromatic carbocycles. The first-order valence-corrected chi connectivity index (χ1v) is 11.3. The van der Waals surface area contributed by atoms with E-state index in [0.717, 1.165) is 36.9 Å². The maximum absolute atomic E-state index is 13.3. The van der Waals surface area contributed by atoms with Gasteiger partial charge in [0, 0.05) is 24.3 Å². The number of nitrogens with one attached hydrogen (secondary N) is 1. The van der Waals surface area contributed by atoms with E-state index in [1.165, 1.54) is 12.8 Å². The van der Waals surface area contributed by atoms with E-state index in [1.54, 1.807) is 37.3 Å². The molecule has 31 heavy (non-hydrogen) atoms. The number of aromatic nitrogens is 1. The van der Waals surface area contributed by atoms with Gasteiger partial charge in [0.15, 0.2) is 0 Å². The maximum Gasteiger partial charge on any atom is 0.310 e. The van der Waals surface area contributed by atoms with Crippen LogP contribution in [0.15, 0.2) is 35.1 Å². The number of rotatable bonds is 6. The zero-order chi connectivity index (χ0) is 22.4. The SMILES string of the molecule is CCC(=O)Oc1ccc(NC(=O)c2cc3c(n(CC(C)C)c2=O)CCCCCC3)cc1. The van der Waals surface area contributed by atoms with Crippen LogP contribution in [-0.4, -0.2) is 16.4 Å². The van der Waals surface area contributed by atoms with E-state index in [9.17, 15) is 14.4 Å². The standard InChI is InChI=1S/C25H32N2O4/c1-4-23(28)31-20-13-11-19(12-14-20)26-24(29)21-15-18-9-7-5-6-8-10-22(18)27(25(21)30)16-17(2)3/h11-15,17H,4-10,16H2,1-3H3,(H,26,29). The molecule has 6 heteroatoms. The van der Waals surface area contributed by atoms with Crippen LogP contribution in [0.2, 0.25) is 0 Å². The molecular weight excluding hydrogens is 392 g/mol. The Morgan fingerprint density at radius 2 is 1.74 bits per heavy atom. The van der Waals surface area contributed by atoms with Gasteiger partial charge in [-0.2, -0.15) is 0 Å². The Morgan fingerprint density at radius 3 is 2.39 bits per heavy atom. The van der Waals surface area contributed by atoms with Gasteiger partial charge in [-0.1, -0.05) is 33.6 Å². The third-order valence-electron chi connectivity index (χ3n) is 5.53. The molecule has 1 aromatic heterocycles. The summed E-state index contributed by atoms with van der Waals surface area (Å²) < 4.78 is 6.99. The van der Waals surface area contributed by atoms with E-state index in [0.29, 0.717) is 30.3 Å². The van der Waals surface area contributed by atoms with Gasteiger partial charge in [-0.15, -0.1) is 0 Å². The molecule has 1 N–H and O–H groups in total. The topological polar surface area (TPSA) is 77.4 Å². The second-order valence-corrected chi connectivity index (χ2v) is 8.56. The van der Waals surface area contributed by atoms with Crippen molar-refractivity contribution in [3.05, 3.63) is 57.5 Å². The third kappa shape index (κ3) is 5.84. The van der Waals surface area contributed by atoms with E-state index in [4.69, 9.17) is 4.74 Å². The Hall–Kier alpha value is -2.89. The van der Waals surface area contributed by atoms with E-state index >= 15 is 0 Å². The number of carbonyl (C=O) groups is 2. The van der Waals surface area contributed by atoms with Crippen molar-refractivity contribution in [1.29, 1.82) is 0 Å². The summed E-state index contributed by atoms with van der Waals surface area (Å²) in [7, 11) is 0.